The number of hydrogen-bond donors (Lipinski definition) is 1. The minimum Gasteiger partial charge on any atom is -0.336 e. The predicted molar refractivity (Wildman–Crippen MR) is 81.2 cm³/mol. The van der Waals surface area contributed by atoms with Gasteiger partial charge in [0.15, 0.2) is 0 Å². The van der Waals surface area contributed by atoms with Crippen molar-refractivity contribution in [2.24, 2.45) is 0 Å². The highest BCUT2D eigenvalue weighted by atomic mass is 16.2. The van der Waals surface area contributed by atoms with Gasteiger partial charge in [-0.15, -0.1) is 0 Å². The van der Waals surface area contributed by atoms with E-state index in [0.29, 0.717) is 12.5 Å². The molecular formula is C16H19N3O2. The molecule has 0 spiro atoms. The average molecular weight is 285 g/mol. The Morgan fingerprint density at radius 3 is 2.38 bits per heavy atom. The van der Waals surface area contributed by atoms with E-state index in [-0.39, 0.29) is 17.2 Å². The Morgan fingerprint density at radius 2 is 1.86 bits per heavy atom. The first kappa shape index (κ1) is 15.0. The summed E-state index contributed by atoms with van der Waals surface area (Å²) in [5, 5.41) is 6.02. The standard InChI is InChI=1S/C16H19N3O2/c1-11(2)13-6-4-12(5-7-13)10-19(3)16(21)14-8-9-15(20)18-17-14/h4-9,11H,10H2,1-3H3,(H,18,20). The number of rotatable bonds is 4. The fraction of sp³-hybridized carbons (Fsp3) is 0.312. The third-order valence-corrected chi connectivity index (χ3v) is 3.31. The Balaban J connectivity index is 2.06. The van der Waals surface area contributed by atoms with Gasteiger partial charge >= 0.3 is 0 Å². The van der Waals surface area contributed by atoms with Gasteiger partial charge in [0.25, 0.3) is 11.5 Å². The first-order chi connectivity index (χ1) is 9.97. The van der Waals surface area contributed by atoms with E-state index in [2.05, 4.69) is 36.2 Å². The quantitative estimate of drug-likeness (QED) is 0.936. The lowest BCUT2D eigenvalue weighted by Gasteiger charge is -2.17. The molecule has 1 N–H and O–H groups in total. The van der Waals surface area contributed by atoms with E-state index in [1.54, 1.807) is 11.9 Å². The van der Waals surface area contributed by atoms with Crippen LogP contribution < -0.4 is 5.56 Å². The molecule has 0 aliphatic carbocycles. The van der Waals surface area contributed by atoms with E-state index in [9.17, 15) is 9.59 Å². The molecule has 0 saturated carbocycles. The number of aromatic amines is 1. The number of nitrogens with one attached hydrogen (secondary N) is 1. The summed E-state index contributed by atoms with van der Waals surface area (Å²) >= 11 is 0. The van der Waals surface area contributed by atoms with Gasteiger partial charge in [0.1, 0.15) is 5.69 Å². The van der Waals surface area contributed by atoms with E-state index in [0.717, 1.165) is 5.56 Å². The molecule has 1 amide bonds. The third-order valence-electron chi connectivity index (χ3n) is 3.31. The largest absolute Gasteiger partial charge is 0.336 e. The predicted octanol–water partition coefficient (Wildman–Crippen LogP) is 2.17. The molecule has 110 valence electrons. The molecular weight excluding hydrogens is 266 g/mol. The molecule has 0 aliphatic heterocycles. The zero-order valence-corrected chi connectivity index (χ0v) is 12.5. The van der Waals surface area contributed by atoms with Crippen LogP contribution in [0.15, 0.2) is 41.2 Å². The Bertz CT molecular complexity index is 654. The van der Waals surface area contributed by atoms with Gasteiger partial charge < -0.3 is 4.90 Å². The summed E-state index contributed by atoms with van der Waals surface area (Å²) in [6, 6.07) is 10.9. The molecule has 1 heterocycles. The van der Waals surface area contributed by atoms with Crippen molar-refractivity contribution in [1.29, 1.82) is 0 Å². The fourth-order valence-corrected chi connectivity index (χ4v) is 2.01. The van der Waals surface area contributed by atoms with E-state index in [1.807, 2.05) is 12.1 Å². The van der Waals surface area contributed by atoms with Crippen LogP contribution in [0.3, 0.4) is 0 Å². The number of H-pyrrole nitrogens is 1. The van der Waals surface area contributed by atoms with Crippen molar-refractivity contribution in [3.63, 3.8) is 0 Å². The number of aromatic nitrogens is 2. The monoisotopic (exact) mass is 285 g/mol. The number of carbonyl (C=O) groups is 1. The summed E-state index contributed by atoms with van der Waals surface area (Å²) in [5.41, 5.74) is 2.24. The first-order valence-corrected chi connectivity index (χ1v) is 6.87. The van der Waals surface area contributed by atoms with Crippen LogP contribution in [-0.2, 0) is 6.54 Å². The maximum atomic E-state index is 12.2. The normalized spacial score (nSPS) is 10.7. The third kappa shape index (κ3) is 3.78. The number of hydrogen-bond acceptors (Lipinski definition) is 3. The van der Waals surface area contributed by atoms with Crippen molar-refractivity contribution in [3.8, 4) is 0 Å². The molecule has 5 heteroatoms. The highest BCUT2D eigenvalue weighted by molar-refractivity contribution is 5.91. The molecule has 2 aromatic rings. The van der Waals surface area contributed by atoms with E-state index < -0.39 is 0 Å². The molecule has 0 bridgehead atoms. The minimum atomic E-state index is -0.321. The summed E-state index contributed by atoms with van der Waals surface area (Å²) in [6.45, 7) is 4.79. The number of benzene rings is 1. The number of carbonyl (C=O) groups excluding carboxylic acids is 1. The Hall–Kier alpha value is -2.43. The minimum absolute atomic E-state index is 0.223. The van der Waals surface area contributed by atoms with Crippen molar-refractivity contribution in [2.75, 3.05) is 7.05 Å². The van der Waals surface area contributed by atoms with Gasteiger partial charge in [0.2, 0.25) is 0 Å². The van der Waals surface area contributed by atoms with Crippen molar-refractivity contribution in [1.82, 2.24) is 15.1 Å². The van der Waals surface area contributed by atoms with Crippen molar-refractivity contribution < 1.29 is 4.79 Å². The van der Waals surface area contributed by atoms with Gasteiger partial charge in [0, 0.05) is 19.7 Å². The molecule has 2 rings (SSSR count). The molecule has 21 heavy (non-hydrogen) atoms. The zero-order valence-electron chi connectivity index (χ0n) is 12.5. The van der Waals surface area contributed by atoms with Crippen LogP contribution in [-0.4, -0.2) is 28.1 Å². The van der Waals surface area contributed by atoms with E-state index in [4.69, 9.17) is 0 Å². The van der Waals surface area contributed by atoms with Crippen LogP contribution in [0.25, 0.3) is 0 Å². The maximum absolute atomic E-state index is 12.2. The SMILES string of the molecule is CC(C)c1ccc(CN(C)C(=O)c2ccc(=O)[nH]n2)cc1. The summed E-state index contributed by atoms with van der Waals surface area (Å²) in [7, 11) is 1.71. The van der Waals surface area contributed by atoms with Gasteiger partial charge in [-0.25, -0.2) is 5.10 Å². The highest BCUT2D eigenvalue weighted by Crippen LogP contribution is 2.15. The number of nitrogens with zero attached hydrogens (tertiary/aromatic N) is 2. The van der Waals surface area contributed by atoms with Gasteiger partial charge in [-0.1, -0.05) is 38.1 Å². The summed E-state index contributed by atoms with van der Waals surface area (Å²) in [4.78, 5) is 24.7. The van der Waals surface area contributed by atoms with Crippen molar-refractivity contribution >= 4 is 5.91 Å². The van der Waals surface area contributed by atoms with Gasteiger partial charge in [0.05, 0.1) is 0 Å². The fourth-order valence-electron chi connectivity index (χ4n) is 2.01. The molecule has 5 nitrogen and oxygen atoms in total. The molecule has 0 saturated heterocycles. The average Bonchev–Trinajstić information content (AvgIpc) is 2.47. The van der Waals surface area contributed by atoms with Crippen molar-refractivity contribution in [3.05, 3.63) is 63.6 Å². The lowest BCUT2D eigenvalue weighted by molar-refractivity contribution is 0.0778. The van der Waals surface area contributed by atoms with Crippen LogP contribution in [0.5, 0.6) is 0 Å². The Kier molecular flexibility index (Phi) is 4.52. The molecule has 1 aromatic heterocycles. The summed E-state index contributed by atoms with van der Waals surface area (Å²) < 4.78 is 0. The van der Waals surface area contributed by atoms with Crippen molar-refractivity contribution in [2.45, 2.75) is 26.3 Å². The van der Waals surface area contributed by atoms with Crippen LogP contribution in [0, 0.1) is 0 Å². The van der Waals surface area contributed by atoms with Crippen LogP contribution >= 0.6 is 0 Å². The van der Waals surface area contributed by atoms with Gasteiger partial charge in [-0.05, 0) is 23.1 Å². The molecule has 0 unspecified atom stereocenters. The van der Waals surface area contributed by atoms with Crippen LogP contribution in [0.2, 0.25) is 0 Å². The molecule has 0 fully saturated rings. The topological polar surface area (TPSA) is 66.1 Å². The van der Waals surface area contributed by atoms with E-state index >= 15 is 0 Å². The lowest BCUT2D eigenvalue weighted by Crippen LogP contribution is -2.28. The Labute approximate surface area is 123 Å². The van der Waals surface area contributed by atoms with Gasteiger partial charge in [-0.3, -0.25) is 9.59 Å². The maximum Gasteiger partial charge on any atom is 0.274 e. The molecule has 0 aliphatic rings. The first-order valence-electron chi connectivity index (χ1n) is 6.87. The summed E-state index contributed by atoms with van der Waals surface area (Å²) in [6.07, 6.45) is 0. The second-order valence-corrected chi connectivity index (χ2v) is 5.36. The Morgan fingerprint density at radius 1 is 1.19 bits per heavy atom. The molecule has 0 atom stereocenters. The highest BCUT2D eigenvalue weighted by Gasteiger charge is 2.13. The van der Waals surface area contributed by atoms with Gasteiger partial charge in [-0.2, -0.15) is 5.10 Å². The van der Waals surface area contributed by atoms with Crippen LogP contribution in [0.4, 0.5) is 0 Å². The van der Waals surface area contributed by atoms with E-state index in [1.165, 1.54) is 17.7 Å². The second kappa shape index (κ2) is 6.35. The second-order valence-electron chi connectivity index (χ2n) is 5.36. The summed E-state index contributed by atoms with van der Waals surface area (Å²) in [5.74, 6) is 0.267. The number of amides is 1. The zero-order chi connectivity index (χ0) is 15.4. The lowest BCUT2D eigenvalue weighted by atomic mass is 10.0. The van der Waals surface area contributed by atoms with Crippen LogP contribution in [0.1, 0.15) is 41.4 Å². The molecule has 0 radical (unpaired) electrons. The molecule has 1 aromatic carbocycles. The smallest absolute Gasteiger partial charge is 0.274 e.